The van der Waals surface area contributed by atoms with Gasteiger partial charge in [0.25, 0.3) is 0 Å². The van der Waals surface area contributed by atoms with Gasteiger partial charge in [-0.3, -0.25) is 0 Å². The predicted molar refractivity (Wildman–Crippen MR) is 135 cm³/mol. The van der Waals surface area contributed by atoms with E-state index in [0.29, 0.717) is 16.5 Å². The summed E-state index contributed by atoms with van der Waals surface area (Å²) in [5.74, 6) is -0.296. The molecule has 0 bridgehead atoms. The molecule has 192 valence electrons. The highest BCUT2D eigenvalue weighted by Crippen LogP contribution is 2.51. The van der Waals surface area contributed by atoms with Crippen molar-refractivity contribution in [1.82, 2.24) is 4.90 Å². The summed E-state index contributed by atoms with van der Waals surface area (Å²) in [6, 6.07) is 13.9. The van der Waals surface area contributed by atoms with Crippen molar-refractivity contribution in [3.8, 4) is 0 Å². The molecule has 2 aliphatic heterocycles. The van der Waals surface area contributed by atoms with Gasteiger partial charge in [-0.05, 0) is 66.6 Å². The van der Waals surface area contributed by atoms with E-state index in [1.165, 1.54) is 11.6 Å². The molecule has 3 nitrogen and oxygen atoms in total. The van der Waals surface area contributed by atoms with Crippen molar-refractivity contribution in [2.75, 3.05) is 19.6 Å². The SMILES string of the molecule is CC1CC(CCN2CCC3(CC2)OC(c2cc(Cl)cc(Cl)c2)c2ccccc23)=CC=C1OC(F)(F)F. The van der Waals surface area contributed by atoms with Crippen LogP contribution in [0, 0.1) is 5.92 Å². The largest absolute Gasteiger partial charge is 0.572 e. The van der Waals surface area contributed by atoms with E-state index in [1.807, 2.05) is 18.2 Å². The van der Waals surface area contributed by atoms with E-state index >= 15 is 0 Å². The Morgan fingerprint density at radius 1 is 1.06 bits per heavy atom. The molecule has 0 radical (unpaired) electrons. The number of halogens is 5. The van der Waals surface area contributed by atoms with Crippen LogP contribution in [-0.2, 0) is 15.1 Å². The first-order valence-electron chi connectivity index (χ1n) is 12.2. The van der Waals surface area contributed by atoms with E-state index in [4.69, 9.17) is 27.9 Å². The summed E-state index contributed by atoms with van der Waals surface area (Å²) in [5, 5.41) is 1.18. The summed E-state index contributed by atoms with van der Waals surface area (Å²) in [5.41, 5.74) is 4.15. The average molecular weight is 538 g/mol. The Bertz CT molecular complexity index is 1170. The maximum Gasteiger partial charge on any atom is 0.572 e. The Hall–Kier alpha value is -1.99. The number of allylic oxidation sites excluding steroid dienone is 3. The van der Waals surface area contributed by atoms with Gasteiger partial charge in [-0.2, -0.15) is 0 Å². The summed E-state index contributed by atoms with van der Waals surface area (Å²) in [4.78, 5) is 2.41. The lowest BCUT2D eigenvalue weighted by molar-refractivity contribution is -0.308. The number of ether oxygens (including phenoxy) is 2. The number of benzene rings is 2. The molecule has 1 spiro atoms. The second-order valence-corrected chi connectivity index (χ2v) is 10.8. The molecular formula is C28H28Cl2F3NO2. The van der Waals surface area contributed by atoms with Crippen molar-refractivity contribution in [3.05, 3.63) is 92.7 Å². The number of nitrogens with zero attached hydrogens (tertiary/aromatic N) is 1. The third-order valence-corrected chi connectivity index (χ3v) is 7.89. The maximum absolute atomic E-state index is 12.6. The molecule has 2 heterocycles. The number of hydrogen-bond donors (Lipinski definition) is 0. The zero-order valence-corrected chi connectivity index (χ0v) is 21.5. The Morgan fingerprint density at radius 3 is 2.42 bits per heavy atom. The minimum absolute atomic E-state index is 0.0150. The van der Waals surface area contributed by atoms with Crippen LogP contribution in [0.3, 0.4) is 0 Å². The molecule has 2 unspecified atom stereocenters. The van der Waals surface area contributed by atoms with Crippen LogP contribution in [0.1, 0.15) is 55.4 Å². The Kier molecular flexibility index (Phi) is 7.16. The first-order valence-corrected chi connectivity index (χ1v) is 13.0. The van der Waals surface area contributed by atoms with Crippen LogP contribution >= 0.6 is 23.2 Å². The molecule has 8 heteroatoms. The summed E-state index contributed by atoms with van der Waals surface area (Å²) in [7, 11) is 0. The summed E-state index contributed by atoms with van der Waals surface area (Å²) < 4.78 is 48.6. The van der Waals surface area contributed by atoms with Crippen molar-refractivity contribution >= 4 is 23.2 Å². The summed E-state index contributed by atoms with van der Waals surface area (Å²) >= 11 is 12.6. The quantitative estimate of drug-likeness (QED) is 0.383. The summed E-state index contributed by atoms with van der Waals surface area (Å²) in [6.45, 7) is 4.41. The number of piperidine rings is 1. The normalized spacial score (nSPS) is 23.8. The molecule has 2 aromatic rings. The number of fused-ring (bicyclic) bond motifs is 2. The highest BCUT2D eigenvalue weighted by Gasteiger charge is 2.47. The monoisotopic (exact) mass is 537 g/mol. The van der Waals surface area contributed by atoms with E-state index in [1.54, 1.807) is 19.1 Å². The van der Waals surface area contributed by atoms with Crippen LogP contribution in [0.2, 0.25) is 10.0 Å². The van der Waals surface area contributed by atoms with Gasteiger partial charge in [-0.15, -0.1) is 13.2 Å². The fourth-order valence-corrected chi connectivity index (χ4v) is 6.22. The van der Waals surface area contributed by atoms with Gasteiger partial charge in [0.2, 0.25) is 0 Å². The lowest BCUT2D eigenvalue weighted by atomic mass is 9.83. The Labute approximate surface area is 219 Å². The van der Waals surface area contributed by atoms with Gasteiger partial charge in [0, 0.05) is 35.6 Å². The van der Waals surface area contributed by atoms with Crippen molar-refractivity contribution in [2.24, 2.45) is 5.92 Å². The van der Waals surface area contributed by atoms with Crippen molar-refractivity contribution < 1.29 is 22.6 Å². The second-order valence-electron chi connectivity index (χ2n) is 9.92. The van der Waals surface area contributed by atoms with Gasteiger partial charge in [0.05, 0.1) is 5.60 Å². The minimum atomic E-state index is -4.64. The maximum atomic E-state index is 12.6. The fourth-order valence-electron chi connectivity index (χ4n) is 5.67. The molecule has 1 aliphatic carbocycles. The van der Waals surface area contributed by atoms with Gasteiger partial charge in [0.1, 0.15) is 11.9 Å². The molecule has 0 aromatic heterocycles. The molecular weight excluding hydrogens is 510 g/mol. The first kappa shape index (κ1) is 25.7. The molecule has 0 amide bonds. The number of alkyl halides is 3. The van der Waals surface area contributed by atoms with Crippen LogP contribution in [0.4, 0.5) is 13.2 Å². The Morgan fingerprint density at radius 2 is 1.75 bits per heavy atom. The first-order chi connectivity index (χ1) is 17.1. The molecule has 3 aliphatic rings. The topological polar surface area (TPSA) is 21.7 Å². The van der Waals surface area contributed by atoms with Crippen LogP contribution in [-0.4, -0.2) is 30.9 Å². The number of likely N-dealkylation sites (tertiary alicyclic amines) is 1. The highest BCUT2D eigenvalue weighted by molar-refractivity contribution is 6.34. The highest BCUT2D eigenvalue weighted by atomic mass is 35.5. The van der Waals surface area contributed by atoms with Gasteiger partial charge in [0.15, 0.2) is 0 Å². The van der Waals surface area contributed by atoms with Gasteiger partial charge in [-0.1, -0.05) is 66.0 Å². The van der Waals surface area contributed by atoms with E-state index in [9.17, 15) is 13.2 Å². The minimum Gasteiger partial charge on any atom is -0.410 e. The third kappa shape index (κ3) is 5.47. The van der Waals surface area contributed by atoms with Gasteiger partial charge in [-0.25, -0.2) is 0 Å². The average Bonchev–Trinajstić information content (AvgIpc) is 3.13. The number of hydrogen-bond acceptors (Lipinski definition) is 3. The lowest BCUT2D eigenvalue weighted by Crippen LogP contribution is -2.43. The molecule has 2 aromatic carbocycles. The summed E-state index contributed by atoms with van der Waals surface area (Å²) in [6.07, 6.45) is 1.54. The van der Waals surface area contributed by atoms with Crippen LogP contribution in [0.5, 0.6) is 0 Å². The second kappa shape index (κ2) is 10.1. The smallest absolute Gasteiger partial charge is 0.410 e. The van der Waals surface area contributed by atoms with E-state index in [2.05, 4.69) is 27.8 Å². The van der Waals surface area contributed by atoms with E-state index < -0.39 is 6.36 Å². The van der Waals surface area contributed by atoms with Crippen LogP contribution in [0.15, 0.2) is 65.9 Å². The van der Waals surface area contributed by atoms with Crippen LogP contribution < -0.4 is 0 Å². The standard InChI is InChI=1S/C28H28Cl2F3NO2/c1-18-14-19(6-7-25(18)35-28(31,32)33)8-11-34-12-9-27(10-13-34)24-5-3-2-4-23(24)26(36-27)20-15-21(29)17-22(30)16-20/h2-7,15-18,26H,8-14H2,1H3. The zero-order chi connectivity index (χ0) is 25.5. The van der Waals surface area contributed by atoms with Gasteiger partial charge < -0.3 is 14.4 Å². The molecule has 1 fully saturated rings. The molecule has 5 rings (SSSR count). The van der Waals surface area contributed by atoms with E-state index in [0.717, 1.165) is 55.6 Å². The van der Waals surface area contributed by atoms with Crippen molar-refractivity contribution in [2.45, 2.75) is 50.7 Å². The lowest BCUT2D eigenvalue weighted by Gasteiger charge is -2.40. The third-order valence-electron chi connectivity index (χ3n) is 7.45. The van der Waals surface area contributed by atoms with Crippen molar-refractivity contribution in [3.63, 3.8) is 0 Å². The van der Waals surface area contributed by atoms with Gasteiger partial charge >= 0.3 is 6.36 Å². The molecule has 0 N–H and O–H groups in total. The van der Waals surface area contributed by atoms with Crippen LogP contribution in [0.25, 0.3) is 0 Å². The molecule has 2 atom stereocenters. The molecule has 1 saturated heterocycles. The molecule has 36 heavy (non-hydrogen) atoms. The van der Waals surface area contributed by atoms with Crippen molar-refractivity contribution in [1.29, 1.82) is 0 Å². The predicted octanol–water partition coefficient (Wildman–Crippen LogP) is 8.18. The molecule has 0 saturated carbocycles. The number of rotatable bonds is 5. The van der Waals surface area contributed by atoms with E-state index in [-0.39, 0.29) is 23.4 Å². The Balaban J connectivity index is 1.23. The fraction of sp³-hybridized carbons (Fsp3) is 0.429. The zero-order valence-electron chi connectivity index (χ0n) is 20.0.